The molecule has 0 saturated carbocycles. The number of nitrogens with one attached hydrogen (secondary N) is 1. The van der Waals surface area contributed by atoms with E-state index >= 15 is 0 Å². The van der Waals surface area contributed by atoms with Crippen LogP contribution >= 0.6 is 12.2 Å². The van der Waals surface area contributed by atoms with E-state index < -0.39 is 5.82 Å². The van der Waals surface area contributed by atoms with Crippen LogP contribution in [0.3, 0.4) is 0 Å². The summed E-state index contributed by atoms with van der Waals surface area (Å²) in [4.78, 5) is 0.0171. The third-order valence-corrected chi connectivity index (χ3v) is 2.81. The van der Waals surface area contributed by atoms with Gasteiger partial charge in [-0.2, -0.15) is 0 Å². The lowest BCUT2D eigenvalue weighted by Gasteiger charge is -2.12. The van der Waals surface area contributed by atoms with Crippen molar-refractivity contribution >= 4 is 28.6 Å². The van der Waals surface area contributed by atoms with Crippen molar-refractivity contribution in [1.82, 2.24) is 0 Å². The summed E-state index contributed by atoms with van der Waals surface area (Å²) in [5.74, 6) is 0.263. The zero-order valence-corrected chi connectivity index (χ0v) is 11.1. The molecule has 0 fully saturated rings. The maximum atomic E-state index is 13.7. The van der Waals surface area contributed by atoms with Crippen molar-refractivity contribution in [3.8, 4) is 5.75 Å². The lowest BCUT2D eigenvalue weighted by atomic mass is 10.1. The van der Waals surface area contributed by atoms with Gasteiger partial charge in [-0.1, -0.05) is 24.4 Å². The van der Waals surface area contributed by atoms with Gasteiger partial charge in [0.15, 0.2) is 0 Å². The molecule has 0 bridgehead atoms. The van der Waals surface area contributed by atoms with Gasteiger partial charge in [0.1, 0.15) is 16.6 Å². The second-order valence-corrected chi connectivity index (χ2v) is 4.32. The molecule has 0 aliphatic heterocycles. The van der Waals surface area contributed by atoms with Crippen LogP contribution in [-0.2, 0) is 0 Å². The summed E-state index contributed by atoms with van der Waals surface area (Å²) in [6.45, 7) is 0. The molecule has 0 atom stereocenters. The monoisotopic (exact) mass is 276 g/mol. The van der Waals surface area contributed by atoms with Crippen molar-refractivity contribution in [3.05, 3.63) is 53.8 Å². The quantitative estimate of drug-likeness (QED) is 0.842. The number of hydrogen-bond acceptors (Lipinski definition) is 3. The highest BCUT2D eigenvalue weighted by atomic mass is 32.1. The molecular formula is C14H13FN2OS. The molecule has 0 amide bonds. The van der Waals surface area contributed by atoms with Crippen molar-refractivity contribution in [2.24, 2.45) is 5.73 Å². The van der Waals surface area contributed by atoms with Crippen LogP contribution in [0.1, 0.15) is 5.56 Å². The minimum Gasteiger partial charge on any atom is -0.497 e. The molecule has 98 valence electrons. The van der Waals surface area contributed by atoms with Gasteiger partial charge in [-0.25, -0.2) is 4.39 Å². The molecule has 19 heavy (non-hydrogen) atoms. The minimum atomic E-state index is -0.444. The van der Waals surface area contributed by atoms with Crippen molar-refractivity contribution in [2.45, 2.75) is 0 Å². The summed E-state index contributed by atoms with van der Waals surface area (Å²) in [7, 11) is 1.59. The molecule has 5 heteroatoms. The summed E-state index contributed by atoms with van der Waals surface area (Å²) >= 11 is 4.87. The Kier molecular flexibility index (Phi) is 3.97. The zero-order valence-electron chi connectivity index (χ0n) is 10.3. The predicted molar refractivity (Wildman–Crippen MR) is 78.6 cm³/mol. The largest absolute Gasteiger partial charge is 0.497 e. The summed E-state index contributed by atoms with van der Waals surface area (Å²) in [5.41, 5.74) is 7.06. The topological polar surface area (TPSA) is 47.3 Å². The fourth-order valence-electron chi connectivity index (χ4n) is 1.74. The van der Waals surface area contributed by atoms with Gasteiger partial charge in [0.25, 0.3) is 0 Å². The van der Waals surface area contributed by atoms with E-state index in [2.05, 4.69) is 5.32 Å². The molecule has 0 aliphatic rings. The van der Waals surface area contributed by atoms with Gasteiger partial charge in [0, 0.05) is 11.8 Å². The van der Waals surface area contributed by atoms with Crippen LogP contribution in [0.15, 0.2) is 42.5 Å². The Morgan fingerprint density at radius 2 is 2.00 bits per heavy atom. The fourth-order valence-corrected chi connectivity index (χ4v) is 1.94. The molecule has 0 unspecified atom stereocenters. The van der Waals surface area contributed by atoms with Gasteiger partial charge in [0.2, 0.25) is 0 Å². The van der Waals surface area contributed by atoms with E-state index in [0.29, 0.717) is 11.4 Å². The maximum absolute atomic E-state index is 13.7. The first-order valence-corrected chi connectivity index (χ1v) is 6.02. The van der Waals surface area contributed by atoms with Crippen LogP contribution in [0, 0.1) is 5.82 Å². The van der Waals surface area contributed by atoms with Crippen LogP contribution in [0.4, 0.5) is 15.8 Å². The molecule has 0 heterocycles. The number of nitrogens with two attached hydrogens (primary N) is 1. The number of halogens is 1. The van der Waals surface area contributed by atoms with E-state index in [1.165, 1.54) is 6.07 Å². The molecule has 0 saturated heterocycles. The Balaban J connectivity index is 2.38. The summed E-state index contributed by atoms with van der Waals surface area (Å²) in [5, 5.41) is 3.08. The Hall–Kier alpha value is -2.14. The number of thiocarbonyl (C=S) groups is 1. The van der Waals surface area contributed by atoms with Crippen LogP contribution < -0.4 is 15.8 Å². The summed E-state index contributed by atoms with van der Waals surface area (Å²) < 4.78 is 18.8. The molecule has 2 aromatic rings. The Labute approximate surface area is 116 Å². The van der Waals surface area contributed by atoms with Crippen molar-refractivity contribution in [3.63, 3.8) is 0 Å². The van der Waals surface area contributed by atoms with Crippen LogP contribution in [0.25, 0.3) is 0 Å². The number of anilines is 2. The highest BCUT2D eigenvalue weighted by molar-refractivity contribution is 7.80. The van der Waals surface area contributed by atoms with Gasteiger partial charge < -0.3 is 15.8 Å². The molecule has 0 aromatic heterocycles. The Morgan fingerprint density at radius 3 is 2.68 bits per heavy atom. The first-order chi connectivity index (χ1) is 9.11. The van der Waals surface area contributed by atoms with Crippen LogP contribution in [0.2, 0.25) is 0 Å². The van der Waals surface area contributed by atoms with Crippen LogP contribution in [-0.4, -0.2) is 12.1 Å². The smallest absolute Gasteiger partial charge is 0.135 e. The van der Waals surface area contributed by atoms with Gasteiger partial charge in [-0.05, 0) is 24.3 Å². The lowest BCUT2D eigenvalue weighted by Crippen LogP contribution is -2.14. The van der Waals surface area contributed by atoms with Gasteiger partial charge >= 0.3 is 0 Å². The average Bonchev–Trinajstić information content (AvgIpc) is 2.38. The fraction of sp³-hybridized carbons (Fsp3) is 0.0714. The minimum absolute atomic E-state index is 0.0171. The number of hydrogen-bond donors (Lipinski definition) is 2. The third kappa shape index (κ3) is 3.00. The van der Waals surface area contributed by atoms with Crippen molar-refractivity contribution < 1.29 is 9.13 Å². The van der Waals surface area contributed by atoms with Crippen molar-refractivity contribution in [2.75, 3.05) is 12.4 Å². The second kappa shape index (κ2) is 5.67. The van der Waals surface area contributed by atoms with E-state index in [9.17, 15) is 4.39 Å². The molecule has 3 N–H and O–H groups in total. The molecule has 0 radical (unpaired) electrons. The standard InChI is InChI=1S/C14H13FN2OS/c1-18-10-5-2-4-9(8-10)17-12-7-3-6-11(15)13(12)14(16)19/h2-8,17H,1H3,(H2,16,19). The first kappa shape index (κ1) is 13.3. The number of methoxy groups -OCH3 is 1. The number of benzene rings is 2. The molecule has 2 rings (SSSR count). The van der Waals surface area contributed by atoms with E-state index in [1.54, 1.807) is 25.3 Å². The predicted octanol–water partition coefficient (Wildman–Crippen LogP) is 3.21. The third-order valence-electron chi connectivity index (χ3n) is 2.61. The van der Waals surface area contributed by atoms with Gasteiger partial charge in [0.05, 0.1) is 18.4 Å². The van der Waals surface area contributed by atoms with Crippen molar-refractivity contribution in [1.29, 1.82) is 0 Å². The van der Waals surface area contributed by atoms with E-state index in [0.717, 1.165) is 5.69 Å². The zero-order chi connectivity index (χ0) is 13.8. The molecule has 2 aromatic carbocycles. The molecular weight excluding hydrogens is 263 g/mol. The van der Waals surface area contributed by atoms with E-state index in [-0.39, 0.29) is 10.6 Å². The molecule has 0 spiro atoms. The van der Waals surface area contributed by atoms with E-state index in [1.807, 2.05) is 18.2 Å². The molecule has 3 nitrogen and oxygen atoms in total. The normalized spacial score (nSPS) is 10.0. The summed E-state index contributed by atoms with van der Waals surface area (Å²) in [6.07, 6.45) is 0. The maximum Gasteiger partial charge on any atom is 0.135 e. The number of rotatable bonds is 4. The lowest BCUT2D eigenvalue weighted by molar-refractivity contribution is 0.415. The first-order valence-electron chi connectivity index (χ1n) is 5.61. The Bertz CT molecular complexity index is 616. The molecule has 0 aliphatic carbocycles. The summed E-state index contributed by atoms with van der Waals surface area (Å²) in [6, 6.07) is 11.9. The van der Waals surface area contributed by atoms with E-state index in [4.69, 9.17) is 22.7 Å². The highest BCUT2D eigenvalue weighted by Crippen LogP contribution is 2.25. The average molecular weight is 276 g/mol. The van der Waals surface area contributed by atoms with Gasteiger partial charge in [-0.3, -0.25) is 0 Å². The SMILES string of the molecule is COc1cccc(Nc2cccc(F)c2C(N)=S)c1. The Morgan fingerprint density at radius 1 is 1.26 bits per heavy atom. The number of ether oxygens (including phenoxy) is 1. The van der Waals surface area contributed by atoms with Crippen LogP contribution in [0.5, 0.6) is 5.75 Å². The second-order valence-electron chi connectivity index (χ2n) is 3.88. The highest BCUT2D eigenvalue weighted by Gasteiger charge is 2.11. The van der Waals surface area contributed by atoms with Gasteiger partial charge in [-0.15, -0.1) is 0 Å².